The van der Waals surface area contributed by atoms with Gasteiger partial charge >= 0.3 is 0 Å². The van der Waals surface area contributed by atoms with E-state index in [1.807, 2.05) is 23.1 Å². The van der Waals surface area contributed by atoms with E-state index in [9.17, 15) is 14.4 Å². The van der Waals surface area contributed by atoms with Crippen molar-refractivity contribution >= 4 is 17.7 Å². The van der Waals surface area contributed by atoms with E-state index < -0.39 is 5.54 Å². The second-order valence-electron chi connectivity index (χ2n) is 7.30. The summed E-state index contributed by atoms with van der Waals surface area (Å²) in [6.45, 7) is 1.30. The van der Waals surface area contributed by atoms with Gasteiger partial charge in [-0.05, 0) is 37.0 Å². The van der Waals surface area contributed by atoms with Crippen LogP contribution in [0.15, 0.2) is 24.3 Å². The SMILES string of the molecule is CNC(=O)C1(NC(=O)c2cccc(CN3CCCC3=O)c2)CCCCC1. The molecule has 26 heavy (non-hydrogen) atoms. The summed E-state index contributed by atoms with van der Waals surface area (Å²) in [5.74, 6) is -0.185. The summed E-state index contributed by atoms with van der Waals surface area (Å²) in [6.07, 6.45) is 5.80. The van der Waals surface area contributed by atoms with Gasteiger partial charge in [-0.2, -0.15) is 0 Å². The first-order valence-electron chi connectivity index (χ1n) is 9.45. The van der Waals surface area contributed by atoms with Crippen molar-refractivity contribution in [3.05, 3.63) is 35.4 Å². The van der Waals surface area contributed by atoms with Gasteiger partial charge in [0, 0.05) is 32.1 Å². The van der Waals surface area contributed by atoms with Gasteiger partial charge in [-0.25, -0.2) is 0 Å². The number of hydrogen-bond acceptors (Lipinski definition) is 3. The predicted octanol–water partition coefficient (Wildman–Crippen LogP) is 1.99. The first-order valence-corrected chi connectivity index (χ1v) is 9.45. The fourth-order valence-electron chi connectivity index (χ4n) is 4.00. The van der Waals surface area contributed by atoms with E-state index in [0.29, 0.717) is 31.4 Å². The standard InChI is InChI=1S/C20H27N3O3/c1-21-19(26)20(10-3-2-4-11-20)22-18(25)16-8-5-7-15(13-16)14-23-12-6-9-17(23)24/h5,7-8,13H,2-4,6,9-12,14H2,1H3,(H,21,26)(H,22,25). The average Bonchev–Trinajstić information content (AvgIpc) is 3.06. The molecule has 1 aromatic carbocycles. The number of carbonyl (C=O) groups is 3. The summed E-state index contributed by atoms with van der Waals surface area (Å²) in [4.78, 5) is 38.9. The van der Waals surface area contributed by atoms with Gasteiger partial charge < -0.3 is 15.5 Å². The van der Waals surface area contributed by atoms with Crippen LogP contribution < -0.4 is 10.6 Å². The molecule has 1 aromatic rings. The summed E-state index contributed by atoms with van der Waals surface area (Å²) < 4.78 is 0. The molecule has 1 saturated carbocycles. The van der Waals surface area contributed by atoms with Crippen molar-refractivity contribution < 1.29 is 14.4 Å². The number of rotatable bonds is 5. The highest BCUT2D eigenvalue weighted by Crippen LogP contribution is 2.29. The fourth-order valence-corrected chi connectivity index (χ4v) is 4.00. The molecule has 0 aromatic heterocycles. The first kappa shape index (κ1) is 18.4. The van der Waals surface area contributed by atoms with E-state index in [2.05, 4.69) is 10.6 Å². The van der Waals surface area contributed by atoms with Crippen LogP contribution in [0, 0.1) is 0 Å². The Balaban J connectivity index is 1.73. The Hall–Kier alpha value is -2.37. The third-order valence-electron chi connectivity index (χ3n) is 5.46. The predicted molar refractivity (Wildman–Crippen MR) is 98.4 cm³/mol. The molecule has 0 unspecified atom stereocenters. The maximum atomic E-state index is 12.8. The molecule has 1 aliphatic heterocycles. The molecule has 1 saturated heterocycles. The fraction of sp³-hybridized carbons (Fsp3) is 0.550. The number of benzene rings is 1. The molecule has 0 atom stereocenters. The molecule has 6 heteroatoms. The monoisotopic (exact) mass is 357 g/mol. The summed E-state index contributed by atoms with van der Waals surface area (Å²) in [7, 11) is 1.61. The number of amides is 3. The number of likely N-dealkylation sites (N-methyl/N-ethyl adjacent to an activating group) is 1. The molecule has 3 amide bonds. The van der Waals surface area contributed by atoms with Crippen molar-refractivity contribution in [2.45, 2.75) is 57.0 Å². The van der Waals surface area contributed by atoms with Gasteiger partial charge in [0.25, 0.3) is 5.91 Å². The molecule has 140 valence electrons. The van der Waals surface area contributed by atoms with Crippen LogP contribution in [0.1, 0.15) is 60.9 Å². The number of carbonyl (C=O) groups excluding carboxylic acids is 3. The third-order valence-corrected chi connectivity index (χ3v) is 5.46. The zero-order valence-corrected chi connectivity index (χ0v) is 15.3. The zero-order valence-electron chi connectivity index (χ0n) is 15.3. The van der Waals surface area contributed by atoms with Crippen LogP contribution >= 0.6 is 0 Å². The van der Waals surface area contributed by atoms with Crippen LogP contribution in [0.5, 0.6) is 0 Å². The van der Waals surface area contributed by atoms with E-state index >= 15 is 0 Å². The molecule has 2 N–H and O–H groups in total. The molecule has 0 bridgehead atoms. The van der Waals surface area contributed by atoms with Crippen LogP contribution in [0.25, 0.3) is 0 Å². The minimum atomic E-state index is -0.814. The van der Waals surface area contributed by atoms with E-state index in [1.54, 1.807) is 13.1 Å². The van der Waals surface area contributed by atoms with Crippen molar-refractivity contribution in [3.63, 3.8) is 0 Å². The third kappa shape index (κ3) is 3.89. The quantitative estimate of drug-likeness (QED) is 0.846. The molecule has 1 aliphatic carbocycles. The van der Waals surface area contributed by atoms with Gasteiger partial charge in [0.2, 0.25) is 11.8 Å². The summed E-state index contributed by atoms with van der Waals surface area (Å²) in [6, 6.07) is 7.34. The van der Waals surface area contributed by atoms with E-state index in [1.165, 1.54) is 0 Å². The van der Waals surface area contributed by atoms with Crippen molar-refractivity contribution in [2.24, 2.45) is 0 Å². The second-order valence-corrected chi connectivity index (χ2v) is 7.30. The normalized spacial score (nSPS) is 19.3. The Labute approximate surface area is 154 Å². The van der Waals surface area contributed by atoms with E-state index in [-0.39, 0.29) is 17.7 Å². The Bertz CT molecular complexity index is 695. The highest BCUT2D eigenvalue weighted by Gasteiger charge is 2.40. The molecule has 1 heterocycles. The Morgan fingerprint density at radius 1 is 1.15 bits per heavy atom. The van der Waals surface area contributed by atoms with Gasteiger partial charge in [0.05, 0.1) is 0 Å². The van der Waals surface area contributed by atoms with Crippen molar-refractivity contribution in [2.75, 3.05) is 13.6 Å². The molecule has 0 spiro atoms. The van der Waals surface area contributed by atoms with Crippen molar-refractivity contribution in [1.82, 2.24) is 15.5 Å². The molecular weight excluding hydrogens is 330 g/mol. The Morgan fingerprint density at radius 2 is 1.92 bits per heavy atom. The maximum absolute atomic E-state index is 12.8. The maximum Gasteiger partial charge on any atom is 0.252 e. The largest absolute Gasteiger partial charge is 0.357 e. The molecule has 0 radical (unpaired) electrons. The summed E-state index contributed by atoms with van der Waals surface area (Å²) >= 11 is 0. The van der Waals surface area contributed by atoms with E-state index in [0.717, 1.165) is 37.8 Å². The lowest BCUT2D eigenvalue weighted by Crippen LogP contribution is -2.59. The lowest BCUT2D eigenvalue weighted by atomic mass is 9.80. The number of likely N-dealkylation sites (tertiary alicyclic amines) is 1. The molecule has 2 aliphatic rings. The molecular formula is C20H27N3O3. The molecule has 6 nitrogen and oxygen atoms in total. The van der Waals surface area contributed by atoms with Crippen molar-refractivity contribution in [1.29, 1.82) is 0 Å². The van der Waals surface area contributed by atoms with Gasteiger partial charge in [0.1, 0.15) is 5.54 Å². The van der Waals surface area contributed by atoms with Gasteiger partial charge in [0.15, 0.2) is 0 Å². The van der Waals surface area contributed by atoms with Crippen LogP contribution in [-0.2, 0) is 16.1 Å². The van der Waals surface area contributed by atoms with Crippen LogP contribution in [0.2, 0.25) is 0 Å². The smallest absolute Gasteiger partial charge is 0.252 e. The van der Waals surface area contributed by atoms with Gasteiger partial charge in [-0.3, -0.25) is 14.4 Å². The van der Waals surface area contributed by atoms with Crippen LogP contribution in [0.3, 0.4) is 0 Å². The molecule has 2 fully saturated rings. The number of nitrogens with one attached hydrogen (secondary N) is 2. The Morgan fingerprint density at radius 3 is 2.58 bits per heavy atom. The summed E-state index contributed by atoms with van der Waals surface area (Å²) in [5.41, 5.74) is 0.652. The molecule has 3 rings (SSSR count). The highest BCUT2D eigenvalue weighted by atomic mass is 16.2. The second kappa shape index (κ2) is 7.89. The highest BCUT2D eigenvalue weighted by molar-refractivity contribution is 5.99. The van der Waals surface area contributed by atoms with Gasteiger partial charge in [-0.1, -0.05) is 31.4 Å². The van der Waals surface area contributed by atoms with Gasteiger partial charge in [-0.15, -0.1) is 0 Å². The van der Waals surface area contributed by atoms with E-state index in [4.69, 9.17) is 0 Å². The lowest BCUT2D eigenvalue weighted by molar-refractivity contribution is -0.128. The first-order chi connectivity index (χ1) is 12.5. The average molecular weight is 357 g/mol. The zero-order chi connectivity index (χ0) is 18.6. The van der Waals surface area contributed by atoms with Crippen molar-refractivity contribution in [3.8, 4) is 0 Å². The van der Waals surface area contributed by atoms with Crippen LogP contribution in [-0.4, -0.2) is 41.8 Å². The van der Waals surface area contributed by atoms with Crippen LogP contribution in [0.4, 0.5) is 0 Å². The number of hydrogen-bond donors (Lipinski definition) is 2. The lowest BCUT2D eigenvalue weighted by Gasteiger charge is -2.36. The minimum Gasteiger partial charge on any atom is -0.357 e. The topological polar surface area (TPSA) is 78.5 Å². The minimum absolute atomic E-state index is 0.121. The Kier molecular flexibility index (Phi) is 5.59. The summed E-state index contributed by atoms with van der Waals surface area (Å²) in [5, 5.41) is 5.70. The number of nitrogens with zero attached hydrogens (tertiary/aromatic N) is 1.